The Bertz CT molecular complexity index is 587. The fourth-order valence-corrected chi connectivity index (χ4v) is 2.50. The molecule has 4 nitrogen and oxygen atoms in total. The Balaban J connectivity index is 2.53. The lowest BCUT2D eigenvalue weighted by Gasteiger charge is -1.95. The zero-order chi connectivity index (χ0) is 13.3. The number of hydrogen-bond acceptors (Lipinski definition) is 4. The van der Waals surface area contributed by atoms with Gasteiger partial charge in [0.25, 0.3) is 0 Å². The minimum Gasteiger partial charge on any atom is -0.476 e. The van der Waals surface area contributed by atoms with E-state index in [4.69, 9.17) is 16.7 Å². The van der Waals surface area contributed by atoms with E-state index < -0.39 is 5.97 Å². The normalized spacial score (nSPS) is 10.3. The second-order valence-corrected chi connectivity index (χ2v) is 5.00. The van der Waals surface area contributed by atoms with E-state index in [2.05, 4.69) is 4.98 Å². The van der Waals surface area contributed by atoms with Crippen molar-refractivity contribution in [1.82, 2.24) is 4.98 Å². The first-order chi connectivity index (χ1) is 8.49. The van der Waals surface area contributed by atoms with E-state index in [0.29, 0.717) is 10.0 Å². The van der Waals surface area contributed by atoms with Crippen LogP contribution in [0.1, 0.15) is 27.1 Å². The van der Waals surface area contributed by atoms with Crippen LogP contribution < -0.4 is 0 Å². The van der Waals surface area contributed by atoms with Gasteiger partial charge >= 0.3 is 5.97 Å². The van der Waals surface area contributed by atoms with Crippen molar-refractivity contribution in [1.29, 1.82) is 0 Å². The number of carboxylic acids is 1. The van der Waals surface area contributed by atoms with Crippen molar-refractivity contribution >= 4 is 34.7 Å². The lowest BCUT2D eigenvalue weighted by molar-refractivity contribution is 0.0687. The van der Waals surface area contributed by atoms with Gasteiger partial charge in [-0.15, -0.1) is 11.3 Å². The molecule has 0 unspecified atom stereocenters. The van der Waals surface area contributed by atoms with Crippen LogP contribution in [0.2, 0.25) is 5.02 Å². The third-order valence-corrected chi connectivity index (χ3v) is 3.70. The molecule has 2 rings (SSSR count). The number of carboxylic acid groups (broad SMARTS) is 1. The molecule has 92 valence electrons. The number of hydrogen-bond donors (Lipinski definition) is 1. The van der Waals surface area contributed by atoms with Crippen LogP contribution in [0, 0.1) is 0 Å². The van der Waals surface area contributed by atoms with Crippen molar-refractivity contribution in [3.05, 3.63) is 39.9 Å². The number of carbonyl (C=O) groups is 2. The highest BCUT2D eigenvalue weighted by atomic mass is 35.5. The van der Waals surface area contributed by atoms with Crippen LogP contribution in [0.3, 0.4) is 0 Å². The number of aromatic nitrogens is 1. The van der Waals surface area contributed by atoms with Crippen LogP contribution in [-0.4, -0.2) is 21.8 Å². The molecule has 1 heterocycles. The Labute approximate surface area is 112 Å². The largest absolute Gasteiger partial charge is 0.476 e. The number of benzene rings is 1. The summed E-state index contributed by atoms with van der Waals surface area (Å²) in [5, 5.41) is 10.1. The number of ketones is 1. The molecule has 0 atom stereocenters. The van der Waals surface area contributed by atoms with Gasteiger partial charge < -0.3 is 5.11 Å². The van der Waals surface area contributed by atoms with Crippen LogP contribution in [0.4, 0.5) is 0 Å². The number of halogens is 1. The Kier molecular flexibility index (Phi) is 3.45. The molecule has 2 aromatic rings. The van der Waals surface area contributed by atoms with E-state index in [0.717, 1.165) is 16.9 Å². The Hall–Kier alpha value is -1.72. The van der Waals surface area contributed by atoms with E-state index >= 15 is 0 Å². The Morgan fingerprint density at radius 3 is 2.33 bits per heavy atom. The van der Waals surface area contributed by atoms with Gasteiger partial charge in [0.05, 0.1) is 0 Å². The maximum Gasteiger partial charge on any atom is 0.356 e. The third kappa shape index (κ3) is 2.42. The van der Waals surface area contributed by atoms with Gasteiger partial charge in [-0.3, -0.25) is 4.79 Å². The molecular formula is C12H8ClNO3S. The Morgan fingerprint density at radius 1 is 1.28 bits per heavy atom. The van der Waals surface area contributed by atoms with E-state index in [1.165, 1.54) is 6.92 Å². The van der Waals surface area contributed by atoms with Crippen LogP contribution >= 0.6 is 22.9 Å². The van der Waals surface area contributed by atoms with Crippen molar-refractivity contribution in [2.75, 3.05) is 0 Å². The highest BCUT2D eigenvalue weighted by Gasteiger charge is 2.20. The number of rotatable bonds is 3. The maximum atomic E-state index is 11.4. The maximum absolute atomic E-state index is 11.4. The molecule has 6 heteroatoms. The average molecular weight is 282 g/mol. The van der Waals surface area contributed by atoms with Crippen LogP contribution in [0.5, 0.6) is 0 Å². The van der Waals surface area contributed by atoms with Gasteiger partial charge in [-0.1, -0.05) is 23.7 Å². The average Bonchev–Trinajstić information content (AvgIpc) is 2.75. The topological polar surface area (TPSA) is 67.3 Å². The first kappa shape index (κ1) is 12.7. The van der Waals surface area contributed by atoms with Crippen molar-refractivity contribution in [2.24, 2.45) is 0 Å². The number of aromatic carboxylic acids is 1. The second kappa shape index (κ2) is 4.88. The molecule has 0 fully saturated rings. The number of thiazole rings is 1. The third-order valence-electron chi connectivity index (χ3n) is 2.24. The molecule has 0 aliphatic heterocycles. The summed E-state index contributed by atoms with van der Waals surface area (Å²) in [7, 11) is 0. The van der Waals surface area contributed by atoms with Gasteiger partial charge in [0, 0.05) is 17.5 Å². The van der Waals surface area contributed by atoms with E-state index in [9.17, 15) is 9.59 Å². The summed E-state index contributed by atoms with van der Waals surface area (Å²) in [6, 6.07) is 6.84. The van der Waals surface area contributed by atoms with E-state index in [1.807, 2.05) is 0 Å². The van der Waals surface area contributed by atoms with Crippen molar-refractivity contribution in [3.8, 4) is 10.6 Å². The van der Waals surface area contributed by atoms with Crippen molar-refractivity contribution < 1.29 is 14.7 Å². The molecule has 1 aromatic heterocycles. The van der Waals surface area contributed by atoms with Gasteiger partial charge in [0.2, 0.25) is 0 Å². The molecule has 0 bridgehead atoms. The molecule has 0 amide bonds. The molecule has 0 spiro atoms. The Morgan fingerprint density at radius 2 is 1.89 bits per heavy atom. The molecular weight excluding hydrogens is 274 g/mol. The van der Waals surface area contributed by atoms with Crippen LogP contribution in [0.25, 0.3) is 10.6 Å². The fourth-order valence-electron chi connectivity index (χ4n) is 1.42. The molecule has 0 aliphatic rings. The van der Waals surface area contributed by atoms with Gasteiger partial charge in [-0.05, 0) is 12.1 Å². The standard InChI is InChI=1S/C12H8ClNO3S/c1-6(15)10-9(12(16)17)14-11(18-10)7-2-4-8(13)5-3-7/h2-5H,1H3,(H,16,17). The van der Waals surface area contributed by atoms with Crippen molar-refractivity contribution in [3.63, 3.8) is 0 Å². The minimum absolute atomic E-state index is 0.160. The predicted octanol–water partition coefficient (Wildman–Crippen LogP) is 3.36. The highest BCUT2D eigenvalue weighted by molar-refractivity contribution is 7.17. The monoisotopic (exact) mass is 281 g/mol. The molecule has 0 saturated heterocycles. The number of carbonyl (C=O) groups excluding carboxylic acids is 1. The van der Waals surface area contributed by atoms with Crippen LogP contribution in [0.15, 0.2) is 24.3 Å². The zero-order valence-corrected chi connectivity index (χ0v) is 10.9. The zero-order valence-electron chi connectivity index (χ0n) is 9.31. The summed E-state index contributed by atoms with van der Waals surface area (Å²) in [6.07, 6.45) is 0. The molecule has 0 radical (unpaired) electrons. The van der Waals surface area contributed by atoms with Gasteiger partial charge in [-0.2, -0.15) is 0 Å². The molecule has 0 aliphatic carbocycles. The van der Waals surface area contributed by atoms with Gasteiger partial charge in [0.1, 0.15) is 9.88 Å². The lowest BCUT2D eigenvalue weighted by atomic mass is 10.2. The predicted molar refractivity (Wildman–Crippen MR) is 69.5 cm³/mol. The second-order valence-electron chi connectivity index (χ2n) is 3.56. The SMILES string of the molecule is CC(=O)c1sc(-c2ccc(Cl)cc2)nc1C(=O)O. The number of nitrogens with zero attached hydrogens (tertiary/aromatic N) is 1. The minimum atomic E-state index is -1.20. The fraction of sp³-hybridized carbons (Fsp3) is 0.0833. The van der Waals surface area contributed by atoms with Crippen LogP contribution in [-0.2, 0) is 0 Å². The quantitative estimate of drug-likeness (QED) is 0.876. The summed E-state index contributed by atoms with van der Waals surface area (Å²) in [6.45, 7) is 1.32. The summed E-state index contributed by atoms with van der Waals surface area (Å²) in [5.41, 5.74) is 0.539. The summed E-state index contributed by atoms with van der Waals surface area (Å²) >= 11 is 6.84. The lowest BCUT2D eigenvalue weighted by Crippen LogP contribution is -2.03. The summed E-state index contributed by atoms with van der Waals surface area (Å²) in [5.74, 6) is -1.50. The van der Waals surface area contributed by atoms with Gasteiger partial charge in [0.15, 0.2) is 11.5 Å². The first-order valence-electron chi connectivity index (χ1n) is 5.00. The summed E-state index contributed by atoms with van der Waals surface area (Å²) < 4.78 is 0. The molecule has 0 saturated carbocycles. The van der Waals surface area contributed by atoms with Gasteiger partial charge in [-0.25, -0.2) is 9.78 Å². The summed E-state index contributed by atoms with van der Waals surface area (Å²) in [4.78, 5) is 26.5. The first-order valence-corrected chi connectivity index (χ1v) is 6.19. The van der Waals surface area contributed by atoms with E-state index in [-0.39, 0.29) is 16.4 Å². The molecule has 1 aromatic carbocycles. The molecule has 1 N–H and O–H groups in total. The van der Waals surface area contributed by atoms with Crippen molar-refractivity contribution in [2.45, 2.75) is 6.92 Å². The highest BCUT2D eigenvalue weighted by Crippen LogP contribution is 2.29. The molecule has 18 heavy (non-hydrogen) atoms. The van der Waals surface area contributed by atoms with E-state index in [1.54, 1.807) is 24.3 Å². The number of Topliss-reactive ketones (excluding diaryl/α,β-unsaturated/α-hetero) is 1. The smallest absolute Gasteiger partial charge is 0.356 e.